The molecule has 1 fully saturated rings. The summed E-state index contributed by atoms with van der Waals surface area (Å²) in [4.78, 5) is 23.8. The van der Waals surface area contributed by atoms with E-state index in [1.807, 2.05) is 0 Å². The van der Waals surface area contributed by atoms with Gasteiger partial charge >= 0.3 is 5.97 Å². The van der Waals surface area contributed by atoms with Crippen LogP contribution in [0.2, 0.25) is 0 Å². The summed E-state index contributed by atoms with van der Waals surface area (Å²) in [5.74, 6) is -1.10. The van der Waals surface area contributed by atoms with E-state index in [-0.39, 0.29) is 23.0 Å². The second-order valence-corrected chi connectivity index (χ2v) is 5.27. The lowest BCUT2D eigenvalue weighted by Crippen LogP contribution is -2.35. The summed E-state index contributed by atoms with van der Waals surface area (Å²) in [6, 6.07) is 4.04. The third-order valence-corrected chi connectivity index (χ3v) is 3.79. The maximum atomic E-state index is 11.0. The molecule has 7 nitrogen and oxygen atoms in total. The Balaban J connectivity index is 2.11. The molecule has 2 rings (SSSR count). The van der Waals surface area contributed by atoms with Crippen LogP contribution in [0.25, 0.3) is 0 Å². The number of carbonyl (C=O) groups is 1. The minimum Gasteiger partial charge on any atom is -0.478 e. The quantitative estimate of drug-likeness (QED) is 0.616. The van der Waals surface area contributed by atoms with Gasteiger partial charge in [-0.1, -0.05) is 0 Å². The summed E-state index contributed by atoms with van der Waals surface area (Å²) < 4.78 is 0. The van der Waals surface area contributed by atoms with Crippen LogP contribution in [0.5, 0.6) is 0 Å². The van der Waals surface area contributed by atoms with E-state index in [9.17, 15) is 14.9 Å². The number of rotatable bonds is 6. The Bertz CT molecular complexity index is 541. The van der Waals surface area contributed by atoms with Gasteiger partial charge in [0.2, 0.25) is 0 Å². The van der Waals surface area contributed by atoms with Crippen LogP contribution in [0.1, 0.15) is 30.1 Å². The molecule has 0 amide bonds. The molecule has 0 spiro atoms. The number of nitrogens with zero attached hydrogens (tertiary/aromatic N) is 2. The van der Waals surface area contributed by atoms with Gasteiger partial charge in [-0.15, -0.1) is 0 Å². The van der Waals surface area contributed by atoms with Crippen molar-refractivity contribution in [1.82, 2.24) is 4.90 Å². The summed E-state index contributed by atoms with van der Waals surface area (Å²) in [5, 5.41) is 23.0. The van der Waals surface area contributed by atoms with Crippen LogP contribution >= 0.6 is 0 Å². The molecule has 0 saturated carbocycles. The topological polar surface area (TPSA) is 95.7 Å². The van der Waals surface area contributed by atoms with Gasteiger partial charge in [0.25, 0.3) is 5.69 Å². The summed E-state index contributed by atoms with van der Waals surface area (Å²) in [6.45, 7) is 4.69. The Morgan fingerprint density at radius 1 is 1.48 bits per heavy atom. The standard InChI is InChI=1S/C14H19N3O4/c1-10(16-6-2-3-7-16)9-15-12-8-11(14(18)19)4-5-13(12)17(20)21/h4-5,8,10,15H,2-3,6-7,9H2,1H3,(H,18,19). The molecule has 0 aliphatic carbocycles. The fraction of sp³-hybridized carbons (Fsp3) is 0.500. The van der Waals surface area contributed by atoms with E-state index < -0.39 is 10.9 Å². The normalized spacial score (nSPS) is 16.6. The lowest BCUT2D eigenvalue weighted by atomic mass is 10.1. The molecule has 1 heterocycles. The Morgan fingerprint density at radius 2 is 2.14 bits per heavy atom. The van der Waals surface area contributed by atoms with Gasteiger partial charge in [0.15, 0.2) is 0 Å². The van der Waals surface area contributed by atoms with Gasteiger partial charge in [0.1, 0.15) is 5.69 Å². The molecule has 114 valence electrons. The number of hydrogen-bond acceptors (Lipinski definition) is 5. The third kappa shape index (κ3) is 3.69. The predicted molar refractivity (Wildman–Crippen MR) is 78.8 cm³/mol. The second-order valence-electron chi connectivity index (χ2n) is 5.27. The highest BCUT2D eigenvalue weighted by molar-refractivity contribution is 5.90. The first kappa shape index (κ1) is 15.2. The molecule has 21 heavy (non-hydrogen) atoms. The highest BCUT2D eigenvalue weighted by Gasteiger charge is 2.20. The van der Waals surface area contributed by atoms with Gasteiger partial charge < -0.3 is 10.4 Å². The molecule has 1 unspecified atom stereocenters. The van der Waals surface area contributed by atoms with E-state index in [4.69, 9.17) is 5.11 Å². The number of benzene rings is 1. The maximum absolute atomic E-state index is 11.0. The molecular formula is C14H19N3O4. The van der Waals surface area contributed by atoms with Crippen molar-refractivity contribution in [3.8, 4) is 0 Å². The molecule has 1 atom stereocenters. The van der Waals surface area contributed by atoms with Gasteiger partial charge in [-0.25, -0.2) is 4.79 Å². The monoisotopic (exact) mass is 293 g/mol. The lowest BCUT2D eigenvalue weighted by molar-refractivity contribution is -0.384. The third-order valence-electron chi connectivity index (χ3n) is 3.79. The molecular weight excluding hydrogens is 274 g/mol. The van der Waals surface area contributed by atoms with E-state index in [0.717, 1.165) is 13.1 Å². The number of carboxylic acids is 1. The molecule has 1 aromatic rings. The highest BCUT2D eigenvalue weighted by atomic mass is 16.6. The van der Waals surface area contributed by atoms with Crippen molar-refractivity contribution in [3.05, 3.63) is 33.9 Å². The Kier molecular flexibility index (Phi) is 4.74. The van der Waals surface area contributed by atoms with E-state index in [1.54, 1.807) is 0 Å². The molecule has 1 aliphatic heterocycles. The average molecular weight is 293 g/mol. The molecule has 0 bridgehead atoms. The summed E-state index contributed by atoms with van der Waals surface area (Å²) >= 11 is 0. The first-order chi connectivity index (χ1) is 9.99. The number of nitro benzene ring substituents is 1. The Morgan fingerprint density at radius 3 is 2.71 bits per heavy atom. The van der Waals surface area contributed by atoms with Crippen LogP contribution in [0.15, 0.2) is 18.2 Å². The minimum atomic E-state index is -1.10. The molecule has 2 N–H and O–H groups in total. The SMILES string of the molecule is CC(CNc1cc(C(=O)O)ccc1[N+](=O)[O-])N1CCCC1. The lowest BCUT2D eigenvalue weighted by Gasteiger charge is -2.24. The molecule has 1 aliphatic rings. The fourth-order valence-electron chi connectivity index (χ4n) is 2.54. The molecule has 7 heteroatoms. The second kappa shape index (κ2) is 6.53. The van der Waals surface area contributed by atoms with E-state index in [0.29, 0.717) is 6.54 Å². The van der Waals surface area contributed by atoms with Crippen LogP contribution in [0.4, 0.5) is 11.4 Å². The van der Waals surface area contributed by atoms with Crippen molar-refractivity contribution in [2.45, 2.75) is 25.8 Å². The van der Waals surface area contributed by atoms with Crippen molar-refractivity contribution in [1.29, 1.82) is 0 Å². The minimum absolute atomic E-state index is 0.0388. The first-order valence-corrected chi connectivity index (χ1v) is 6.98. The van der Waals surface area contributed by atoms with Crippen molar-refractivity contribution >= 4 is 17.3 Å². The molecule has 1 aromatic carbocycles. The number of nitrogens with one attached hydrogen (secondary N) is 1. The smallest absolute Gasteiger partial charge is 0.335 e. The number of aromatic carboxylic acids is 1. The number of carboxylic acid groups (broad SMARTS) is 1. The van der Waals surface area contributed by atoms with E-state index >= 15 is 0 Å². The zero-order valence-corrected chi connectivity index (χ0v) is 11.9. The predicted octanol–water partition coefficient (Wildman–Crippen LogP) is 2.19. The maximum Gasteiger partial charge on any atom is 0.335 e. The van der Waals surface area contributed by atoms with Crippen LogP contribution in [-0.4, -0.2) is 46.6 Å². The Hall–Kier alpha value is -2.15. The van der Waals surface area contributed by atoms with Crippen molar-refractivity contribution < 1.29 is 14.8 Å². The fourth-order valence-corrected chi connectivity index (χ4v) is 2.54. The zero-order chi connectivity index (χ0) is 15.4. The molecule has 0 aromatic heterocycles. The highest BCUT2D eigenvalue weighted by Crippen LogP contribution is 2.26. The van der Waals surface area contributed by atoms with Gasteiger partial charge in [-0.2, -0.15) is 0 Å². The number of nitro groups is 1. The molecule has 0 radical (unpaired) electrons. The summed E-state index contributed by atoms with van der Waals surface area (Å²) in [5.41, 5.74) is 0.191. The van der Waals surface area contributed by atoms with Crippen LogP contribution in [0.3, 0.4) is 0 Å². The van der Waals surface area contributed by atoms with Gasteiger partial charge in [0.05, 0.1) is 10.5 Å². The van der Waals surface area contributed by atoms with Gasteiger partial charge in [-0.05, 0) is 45.0 Å². The number of hydrogen-bond donors (Lipinski definition) is 2. The van der Waals surface area contributed by atoms with E-state index in [2.05, 4.69) is 17.1 Å². The van der Waals surface area contributed by atoms with Crippen molar-refractivity contribution in [3.63, 3.8) is 0 Å². The number of anilines is 1. The van der Waals surface area contributed by atoms with Gasteiger partial charge in [0, 0.05) is 18.7 Å². The van der Waals surface area contributed by atoms with Crippen LogP contribution in [-0.2, 0) is 0 Å². The van der Waals surface area contributed by atoms with Crippen LogP contribution in [0, 0.1) is 10.1 Å². The summed E-state index contributed by atoms with van der Waals surface area (Å²) in [7, 11) is 0. The van der Waals surface area contributed by atoms with Crippen molar-refractivity contribution in [2.24, 2.45) is 0 Å². The molecule has 1 saturated heterocycles. The van der Waals surface area contributed by atoms with Gasteiger partial charge in [-0.3, -0.25) is 15.0 Å². The van der Waals surface area contributed by atoms with Crippen LogP contribution < -0.4 is 5.32 Å². The zero-order valence-electron chi connectivity index (χ0n) is 11.9. The number of likely N-dealkylation sites (tertiary alicyclic amines) is 1. The average Bonchev–Trinajstić information content (AvgIpc) is 2.98. The largest absolute Gasteiger partial charge is 0.478 e. The first-order valence-electron chi connectivity index (χ1n) is 6.98. The van der Waals surface area contributed by atoms with E-state index in [1.165, 1.54) is 31.0 Å². The van der Waals surface area contributed by atoms with Crippen molar-refractivity contribution in [2.75, 3.05) is 25.0 Å². The Labute approximate surface area is 122 Å². The summed E-state index contributed by atoms with van der Waals surface area (Å²) in [6.07, 6.45) is 2.36.